The number of rotatable bonds is 2. The van der Waals surface area contributed by atoms with E-state index in [1.165, 1.54) is 0 Å². The van der Waals surface area contributed by atoms with Gasteiger partial charge in [-0.15, -0.1) is 0 Å². The van der Waals surface area contributed by atoms with Crippen molar-refractivity contribution in [2.45, 2.75) is 25.3 Å². The molecular formula is C15H18N2O3. The van der Waals surface area contributed by atoms with E-state index >= 15 is 0 Å². The van der Waals surface area contributed by atoms with Crippen LogP contribution in [0.3, 0.4) is 0 Å². The van der Waals surface area contributed by atoms with Gasteiger partial charge in [0.05, 0.1) is 18.6 Å². The molecule has 0 aliphatic carbocycles. The van der Waals surface area contributed by atoms with Crippen LogP contribution in [0.1, 0.15) is 30.9 Å². The van der Waals surface area contributed by atoms with E-state index < -0.39 is 0 Å². The van der Waals surface area contributed by atoms with Crippen molar-refractivity contribution in [3.63, 3.8) is 0 Å². The smallest absolute Gasteiger partial charge is 0.225 e. The molecule has 3 rings (SSSR count). The third-order valence-electron chi connectivity index (χ3n) is 3.91. The summed E-state index contributed by atoms with van der Waals surface area (Å²) in [5.41, 5.74) is 1.03. The van der Waals surface area contributed by atoms with Gasteiger partial charge < -0.3 is 15.4 Å². The summed E-state index contributed by atoms with van der Waals surface area (Å²) in [7, 11) is 0. The largest absolute Gasteiger partial charge is 0.493 e. The lowest BCUT2D eigenvalue weighted by molar-refractivity contribution is -0.129. The number of fused-ring (bicyclic) bond motifs is 1. The summed E-state index contributed by atoms with van der Waals surface area (Å²) in [6.45, 7) is 1.05. The van der Waals surface area contributed by atoms with E-state index in [0.29, 0.717) is 26.0 Å². The van der Waals surface area contributed by atoms with Crippen LogP contribution in [0.25, 0.3) is 0 Å². The summed E-state index contributed by atoms with van der Waals surface area (Å²) >= 11 is 0. The molecule has 20 heavy (non-hydrogen) atoms. The highest BCUT2D eigenvalue weighted by molar-refractivity contribution is 5.84. The highest BCUT2D eigenvalue weighted by Crippen LogP contribution is 2.31. The van der Waals surface area contributed by atoms with Gasteiger partial charge in [-0.1, -0.05) is 18.2 Å². The number of ether oxygens (including phenoxy) is 1. The van der Waals surface area contributed by atoms with Crippen LogP contribution in [0.5, 0.6) is 5.75 Å². The van der Waals surface area contributed by atoms with E-state index in [1.54, 1.807) is 0 Å². The highest BCUT2D eigenvalue weighted by atomic mass is 16.5. The average molecular weight is 274 g/mol. The first-order valence-corrected chi connectivity index (χ1v) is 7.03. The molecule has 0 saturated carbocycles. The normalized spacial score (nSPS) is 25.1. The molecule has 2 N–H and O–H groups in total. The summed E-state index contributed by atoms with van der Waals surface area (Å²) in [6.07, 6.45) is 1.84. The second kappa shape index (κ2) is 5.53. The van der Waals surface area contributed by atoms with Gasteiger partial charge in [0.15, 0.2) is 0 Å². The predicted molar refractivity (Wildman–Crippen MR) is 73.2 cm³/mol. The molecule has 2 heterocycles. The lowest BCUT2D eigenvalue weighted by Crippen LogP contribution is -2.44. The number of nitrogens with one attached hydrogen (secondary N) is 2. The van der Waals surface area contributed by atoms with Crippen LogP contribution < -0.4 is 15.4 Å². The Kier molecular flexibility index (Phi) is 3.58. The van der Waals surface area contributed by atoms with Crippen LogP contribution >= 0.6 is 0 Å². The Labute approximate surface area is 117 Å². The van der Waals surface area contributed by atoms with Crippen LogP contribution in [-0.4, -0.2) is 25.0 Å². The first-order chi connectivity index (χ1) is 9.74. The number of para-hydroxylation sites is 1. The molecule has 2 amide bonds. The van der Waals surface area contributed by atoms with Crippen LogP contribution in [0.4, 0.5) is 0 Å². The average Bonchev–Trinajstić information content (AvgIpc) is 2.48. The van der Waals surface area contributed by atoms with Crippen molar-refractivity contribution < 1.29 is 14.3 Å². The molecule has 0 spiro atoms. The van der Waals surface area contributed by atoms with Crippen LogP contribution in [0.2, 0.25) is 0 Å². The SMILES string of the molecule is O=C1CC[C@@H](C(=O)N[C@H]2CCOc3ccccc32)CN1. The van der Waals surface area contributed by atoms with Crippen LogP contribution in [-0.2, 0) is 9.59 Å². The molecule has 2 aliphatic rings. The van der Waals surface area contributed by atoms with E-state index in [9.17, 15) is 9.59 Å². The Hall–Kier alpha value is -2.04. The zero-order valence-electron chi connectivity index (χ0n) is 11.2. The fourth-order valence-corrected chi connectivity index (χ4v) is 2.74. The molecule has 1 saturated heterocycles. The second-order valence-electron chi connectivity index (χ2n) is 5.28. The Morgan fingerprint density at radius 2 is 2.15 bits per heavy atom. The summed E-state index contributed by atoms with van der Waals surface area (Å²) in [4.78, 5) is 23.4. The maximum absolute atomic E-state index is 12.3. The van der Waals surface area contributed by atoms with Crippen molar-refractivity contribution in [2.75, 3.05) is 13.2 Å². The standard InChI is InChI=1S/C15H18N2O3/c18-14-6-5-10(9-16-14)15(19)17-12-7-8-20-13-4-2-1-3-11(12)13/h1-4,10,12H,5-9H2,(H,16,18)(H,17,19)/t10-,12+/m1/s1. The van der Waals surface area contributed by atoms with Gasteiger partial charge in [0.1, 0.15) is 5.75 Å². The molecule has 106 valence electrons. The Bertz CT molecular complexity index is 520. The van der Waals surface area contributed by atoms with Crippen molar-refractivity contribution >= 4 is 11.8 Å². The number of carbonyl (C=O) groups excluding carboxylic acids is 2. The van der Waals surface area contributed by atoms with Crippen molar-refractivity contribution in [1.82, 2.24) is 10.6 Å². The van der Waals surface area contributed by atoms with E-state index in [-0.39, 0.29) is 23.8 Å². The number of hydrogen-bond acceptors (Lipinski definition) is 3. The van der Waals surface area contributed by atoms with Crippen molar-refractivity contribution in [3.8, 4) is 5.75 Å². The minimum Gasteiger partial charge on any atom is -0.493 e. The first kappa shape index (κ1) is 13.0. The van der Waals surface area contributed by atoms with Crippen molar-refractivity contribution in [2.24, 2.45) is 5.92 Å². The molecule has 0 radical (unpaired) electrons. The summed E-state index contributed by atoms with van der Waals surface area (Å²) in [5, 5.41) is 5.83. The summed E-state index contributed by atoms with van der Waals surface area (Å²) in [6, 6.07) is 7.80. The third kappa shape index (κ3) is 2.61. The molecule has 5 heteroatoms. The van der Waals surface area contributed by atoms with E-state index in [4.69, 9.17) is 4.74 Å². The molecular weight excluding hydrogens is 256 g/mol. The van der Waals surface area contributed by atoms with Crippen molar-refractivity contribution in [3.05, 3.63) is 29.8 Å². The molecule has 2 atom stereocenters. The molecule has 5 nitrogen and oxygen atoms in total. The van der Waals surface area contributed by atoms with Gasteiger partial charge >= 0.3 is 0 Å². The minimum absolute atomic E-state index is 0.00470. The second-order valence-corrected chi connectivity index (χ2v) is 5.28. The molecule has 2 aliphatic heterocycles. The zero-order chi connectivity index (χ0) is 13.9. The van der Waals surface area contributed by atoms with E-state index in [2.05, 4.69) is 10.6 Å². The Morgan fingerprint density at radius 1 is 1.30 bits per heavy atom. The Balaban J connectivity index is 1.66. The van der Waals surface area contributed by atoms with Gasteiger partial charge in [-0.2, -0.15) is 0 Å². The third-order valence-corrected chi connectivity index (χ3v) is 3.91. The van der Waals surface area contributed by atoms with Gasteiger partial charge in [-0.3, -0.25) is 9.59 Å². The van der Waals surface area contributed by atoms with Gasteiger partial charge in [0.2, 0.25) is 11.8 Å². The fourth-order valence-electron chi connectivity index (χ4n) is 2.74. The molecule has 0 unspecified atom stereocenters. The predicted octanol–water partition coefficient (Wildman–Crippen LogP) is 1.15. The maximum Gasteiger partial charge on any atom is 0.225 e. The van der Waals surface area contributed by atoms with Crippen LogP contribution in [0.15, 0.2) is 24.3 Å². The highest BCUT2D eigenvalue weighted by Gasteiger charge is 2.28. The van der Waals surface area contributed by atoms with E-state index in [0.717, 1.165) is 17.7 Å². The fraction of sp³-hybridized carbons (Fsp3) is 0.467. The van der Waals surface area contributed by atoms with Crippen molar-refractivity contribution in [1.29, 1.82) is 0 Å². The van der Waals surface area contributed by atoms with Gasteiger partial charge in [0, 0.05) is 24.9 Å². The Morgan fingerprint density at radius 3 is 2.95 bits per heavy atom. The molecule has 0 aromatic heterocycles. The molecule has 0 bridgehead atoms. The molecule has 1 aromatic carbocycles. The molecule has 1 aromatic rings. The zero-order valence-corrected chi connectivity index (χ0v) is 11.2. The van der Waals surface area contributed by atoms with Gasteiger partial charge in [-0.25, -0.2) is 0 Å². The number of carbonyl (C=O) groups is 2. The lowest BCUT2D eigenvalue weighted by atomic mass is 9.95. The number of piperidine rings is 1. The van der Waals surface area contributed by atoms with Crippen LogP contribution in [0, 0.1) is 5.92 Å². The minimum atomic E-state index is -0.122. The molecule has 1 fully saturated rings. The van der Waals surface area contributed by atoms with Gasteiger partial charge in [0.25, 0.3) is 0 Å². The summed E-state index contributed by atoms with van der Waals surface area (Å²) in [5.74, 6) is 0.779. The first-order valence-electron chi connectivity index (χ1n) is 7.03. The quantitative estimate of drug-likeness (QED) is 0.850. The van der Waals surface area contributed by atoms with Gasteiger partial charge in [-0.05, 0) is 12.5 Å². The lowest BCUT2D eigenvalue weighted by Gasteiger charge is -2.29. The topological polar surface area (TPSA) is 67.4 Å². The summed E-state index contributed by atoms with van der Waals surface area (Å²) < 4.78 is 5.59. The maximum atomic E-state index is 12.3. The number of hydrogen-bond donors (Lipinski definition) is 2. The monoisotopic (exact) mass is 274 g/mol. The number of benzene rings is 1. The van der Waals surface area contributed by atoms with E-state index in [1.807, 2.05) is 24.3 Å². The number of amides is 2.